The molecule has 0 atom stereocenters. The molecule has 1 aliphatic rings. The van der Waals surface area contributed by atoms with Crippen LogP contribution in [-0.2, 0) is 13.1 Å². The lowest BCUT2D eigenvalue weighted by molar-refractivity contribution is 0.0769. The Morgan fingerprint density at radius 1 is 1.14 bits per heavy atom. The topological polar surface area (TPSA) is 62.5 Å². The summed E-state index contributed by atoms with van der Waals surface area (Å²) in [5, 5.41) is 4.04. The number of hydrogen-bond donors (Lipinski definition) is 0. The minimum Gasteiger partial charge on any atom is -0.337 e. The summed E-state index contributed by atoms with van der Waals surface area (Å²) < 4.78 is 5.35. The van der Waals surface area contributed by atoms with Gasteiger partial charge in [0.2, 0.25) is 11.7 Å². The molecule has 6 heteroatoms. The molecular weight excluding hydrogens is 364 g/mol. The zero-order valence-corrected chi connectivity index (χ0v) is 17.0. The fraction of sp³-hybridized carbons (Fsp3) is 0.348. The Hall–Kier alpha value is -2.99. The lowest BCUT2D eigenvalue weighted by Gasteiger charge is -2.16. The van der Waals surface area contributed by atoms with Crippen LogP contribution in [0.3, 0.4) is 0 Å². The predicted molar refractivity (Wildman–Crippen MR) is 111 cm³/mol. The summed E-state index contributed by atoms with van der Waals surface area (Å²) in [6.45, 7) is 5.57. The molecule has 1 amide bonds. The molecule has 6 nitrogen and oxygen atoms in total. The van der Waals surface area contributed by atoms with Crippen LogP contribution in [0.4, 0.5) is 0 Å². The van der Waals surface area contributed by atoms with Crippen LogP contribution in [0, 0.1) is 6.92 Å². The number of likely N-dealkylation sites (tertiary alicyclic amines) is 1. The Balaban J connectivity index is 1.38. The molecule has 0 aliphatic carbocycles. The first kappa shape index (κ1) is 19.3. The van der Waals surface area contributed by atoms with E-state index < -0.39 is 0 Å². The van der Waals surface area contributed by atoms with Crippen molar-refractivity contribution in [1.82, 2.24) is 19.9 Å². The van der Waals surface area contributed by atoms with Crippen molar-refractivity contribution in [2.75, 3.05) is 20.1 Å². The highest BCUT2D eigenvalue weighted by molar-refractivity contribution is 5.94. The number of hydrogen-bond acceptors (Lipinski definition) is 5. The van der Waals surface area contributed by atoms with Gasteiger partial charge in [0.25, 0.3) is 5.91 Å². The molecule has 0 saturated carbocycles. The van der Waals surface area contributed by atoms with E-state index >= 15 is 0 Å². The van der Waals surface area contributed by atoms with Crippen molar-refractivity contribution in [3.63, 3.8) is 0 Å². The van der Waals surface area contributed by atoms with Gasteiger partial charge < -0.3 is 9.42 Å². The molecule has 0 bridgehead atoms. The lowest BCUT2D eigenvalue weighted by Crippen LogP contribution is -2.26. The molecule has 0 unspecified atom stereocenters. The number of amides is 1. The highest BCUT2D eigenvalue weighted by Crippen LogP contribution is 2.18. The van der Waals surface area contributed by atoms with Crippen LogP contribution in [-0.4, -0.2) is 46.0 Å². The van der Waals surface area contributed by atoms with Gasteiger partial charge in [-0.2, -0.15) is 4.98 Å². The van der Waals surface area contributed by atoms with Crippen molar-refractivity contribution in [2.24, 2.45) is 0 Å². The SMILES string of the molecule is Cc1cccc(-c2noc(CN(C)C(=O)c3ccc(CN4CCCC4)cc3)n2)c1. The van der Waals surface area contributed by atoms with Crippen LogP contribution in [0.1, 0.15) is 40.2 Å². The molecule has 1 aliphatic heterocycles. The van der Waals surface area contributed by atoms with Gasteiger partial charge in [0.05, 0.1) is 6.54 Å². The molecule has 0 spiro atoms. The largest absolute Gasteiger partial charge is 0.337 e. The molecule has 2 aromatic carbocycles. The fourth-order valence-corrected chi connectivity index (χ4v) is 3.67. The average Bonchev–Trinajstić information content (AvgIpc) is 3.40. The minimum absolute atomic E-state index is 0.0620. The van der Waals surface area contributed by atoms with Crippen LogP contribution in [0.15, 0.2) is 53.1 Å². The highest BCUT2D eigenvalue weighted by atomic mass is 16.5. The van der Waals surface area contributed by atoms with E-state index in [2.05, 4.69) is 15.0 Å². The predicted octanol–water partition coefficient (Wildman–Crippen LogP) is 3.91. The summed E-state index contributed by atoms with van der Waals surface area (Å²) in [5.41, 5.74) is 3.94. The first-order valence-corrected chi connectivity index (χ1v) is 10.0. The third-order valence-electron chi connectivity index (χ3n) is 5.27. The molecular formula is C23H26N4O2. The summed E-state index contributed by atoms with van der Waals surface area (Å²) in [6.07, 6.45) is 2.56. The van der Waals surface area contributed by atoms with Crippen LogP contribution in [0.25, 0.3) is 11.4 Å². The first-order chi connectivity index (χ1) is 14.1. The van der Waals surface area contributed by atoms with Crippen LogP contribution < -0.4 is 0 Å². The number of aromatic nitrogens is 2. The van der Waals surface area contributed by atoms with Gasteiger partial charge in [-0.25, -0.2) is 0 Å². The van der Waals surface area contributed by atoms with Gasteiger partial charge in [-0.15, -0.1) is 0 Å². The standard InChI is InChI=1S/C23H26N4O2/c1-17-6-5-7-20(14-17)22-24-21(29-25-22)16-26(2)23(28)19-10-8-18(9-11-19)15-27-12-3-4-13-27/h5-11,14H,3-4,12-13,15-16H2,1-2H3. The van der Waals surface area contributed by atoms with Gasteiger partial charge in [0.1, 0.15) is 0 Å². The number of aryl methyl sites for hydroxylation is 1. The third kappa shape index (κ3) is 4.71. The Kier molecular flexibility index (Phi) is 5.71. The zero-order chi connectivity index (χ0) is 20.2. The molecule has 3 aromatic rings. The molecule has 1 aromatic heterocycles. The molecule has 29 heavy (non-hydrogen) atoms. The van der Waals surface area contributed by atoms with E-state index in [0.29, 0.717) is 17.3 Å². The summed E-state index contributed by atoms with van der Waals surface area (Å²) >= 11 is 0. The van der Waals surface area contributed by atoms with Gasteiger partial charge in [-0.05, 0) is 56.6 Å². The maximum atomic E-state index is 12.8. The second-order valence-corrected chi connectivity index (χ2v) is 7.72. The average molecular weight is 390 g/mol. The van der Waals surface area contributed by atoms with Crippen LogP contribution in [0.5, 0.6) is 0 Å². The molecule has 0 N–H and O–H groups in total. The van der Waals surface area contributed by atoms with Gasteiger partial charge in [-0.1, -0.05) is 41.1 Å². The van der Waals surface area contributed by atoms with Crippen molar-refractivity contribution in [3.8, 4) is 11.4 Å². The smallest absolute Gasteiger partial charge is 0.254 e. The van der Waals surface area contributed by atoms with E-state index in [1.807, 2.05) is 55.5 Å². The Bertz CT molecular complexity index is 975. The van der Waals surface area contributed by atoms with E-state index in [9.17, 15) is 4.79 Å². The first-order valence-electron chi connectivity index (χ1n) is 10.0. The Labute approximate surface area is 171 Å². The van der Waals surface area contributed by atoms with E-state index in [1.54, 1.807) is 11.9 Å². The van der Waals surface area contributed by atoms with Crippen LogP contribution in [0.2, 0.25) is 0 Å². The highest BCUT2D eigenvalue weighted by Gasteiger charge is 2.17. The number of carbonyl (C=O) groups excluding carboxylic acids is 1. The number of carbonyl (C=O) groups is 1. The molecule has 150 valence electrons. The van der Waals surface area contributed by atoms with E-state index in [0.717, 1.165) is 30.8 Å². The summed E-state index contributed by atoms with van der Waals surface area (Å²) in [5.74, 6) is 0.895. The normalized spacial score (nSPS) is 14.3. The zero-order valence-electron chi connectivity index (χ0n) is 17.0. The number of nitrogens with zero attached hydrogens (tertiary/aromatic N) is 4. The summed E-state index contributed by atoms with van der Waals surface area (Å²) in [4.78, 5) is 21.2. The second-order valence-electron chi connectivity index (χ2n) is 7.72. The molecule has 2 heterocycles. The van der Waals surface area contributed by atoms with Gasteiger partial charge >= 0.3 is 0 Å². The van der Waals surface area contributed by atoms with Crippen LogP contribution >= 0.6 is 0 Å². The van der Waals surface area contributed by atoms with E-state index in [1.165, 1.54) is 18.4 Å². The monoisotopic (exact) mass is 390 g/mol. The van der Waals surface area contributed by atoms with Crippen molar-refractivity contribution in [2.45, 2.75) is 32.9 Å². The lowest BCUT2D eigenvalue weighted by atomic mass is 10.1. The fourth-order valence-electron chi connectivity index (χ4n) is 3.67. The minimum atomic E-state index is -0.0620. The molecule has 1 saturated heterocycles. The van der Waals surface area contributed by atoms with E-state index in [-0.39, 0.29) is 12.5 Å². The summed E-state index contributed by atoms with van der Waals surface area (Å²) in [7, 11) is 1.75. The van der Waals surface area contributed by atoms with Crippen molar-refractivity contribution in [1.29, 1.82) is 0 Å². The summed E-state index contributed by atoms with van der Waals surface area (Å²) in [6, 6.07) is 15.8. The van der Waals surface area contributed by atoms with Crippen molar-refractivity contribution >= 4 is 5.91 Å². The molecule has 4 rings (SSSR count). The van der Waals surface area contributed by atoms with E-state index in [4.69, 9.17) is 4.52 Å². The van der Waals surface area contributed by atoms with Crippen molar-refractivity contribution in [3.05, 3.63) is 71.1 Å². The third-order valence-corrected chi connectivity index (χ3v) is 5.27. The van der Waals surface area contributed by atoms with Gasteiger partial charge in [-0.3, -0.25) is 9.69 Å². The molecule has 1 fully saturated rings. The number of rotatable bonds is 6. The number of benzene rings is 2. The maximum Gasteiger partial charge on any atom is 0.254 e. The maximum absolute atomic E-state index is 12.8. The quantitative estimate of drug-likeness (QED) is 0.638. The van der Waals surface area contributed by atoms with Gasteiger partial charge in [0.15, 0.2) is 0 Å². The van der Waals surface area contributed by atoms with Crippen molar-refractivity contribution < 1.29 is 9.32 Å². The Morgan fingerprint density at radius 2 is 1.90 bits per heavy atom. The molecule has 0 radical (unpaired) electrons. The Morgan fingerprint density at radius 3 is 2.62 bits per heavy atom. The van der Waals surface area contributed by atoms with Gasteiger partial charge in [0, 0.05) is 24.7 Å². The second kappa shape index (κ2) is 8.57.